The number of aromatic hydroxyl groups is 1. The van der Waals surface area contributed by atoms with E-state index in [-0.39, 0.29) is 22.0 Å². The van der Waals surface area contributed by atoms with Crippen LogP contribution in [0.5, 0.6) is 5.75 Å². The number of anilines is 2. The molecule has 0 aliphatic carbocycles. The summed E-state index contributed by atoms with van der Waals surface area (Å²) < 4.78 is 27.8. The SMILES string of the molecule is Cc1cccc(NS(=O)(=O)c2ccc(C(=O)Nc3ncccc3O)cc2)c1C. The number of nitrogens with zero attached hydrogens (tertiary/aromatic N) is 1. The first kappa shape index (κ1) is 19.4. The summed E-state index contributed by atoms with van der Waals surface area (Å²) in [5.41, 5.74) is 2.56. The summed E-state index contributed by atoms with van der Waals surface area (Å²) in [7, 11) is -3.79. The molecule has 3 rings (SSSR count). The molecule has 1 aromatic heterocycles. The first-order chi connectivity index (χ1) is 13.3. The fraction of sp³-hybridized carbons (Fsp3) is 0.100. The minimum Gasteiger partial charge on any atom is -0.504 e. The highest BCUT2D eigenvalue weighted by molar-refractivity contribution is 7.92. The molecule has 3 N–H and O–H groups in total. The molecule has 7 nitrogen and oxygen atoms in total. The smallest absolute Gasteiger partial charge is 0.261 e. The number of carbonyl (C=O) groups is 1. The van der Waals surface area contributed by atoms with Crippen molar-refractivity contribution in [2.24, 2.45) is 0 Å². The number of rotatable bonds is 5. The number of hydrogen-bond donors (Lipinski definition) is 3. The van der Waals surface area contributed by atoms with Crippen molar-refractivity contribution in [2.75, 3.05) is 10.0 Å². The maximum Gasteiger partial charge on any atom is 0.261 e. The molecule has 0 aliphatic rings. The zero-order chi connectivity index (χ0) is 20.3. The third-order valence-corrected chi connectivity index (χ3v) is 5.68. The van der Waals surface area contributed by atoms with Gasteiger partial charge in [0.15, 0.2) is 11.6 Å². The molecule has 28 heavy (non-hydrogen) atoms. The maximum atomic E-state index is 12.6. The van der Waals surface area contributed by atoms with Gasteiger partial charge in [-0.2, -0.15) is 0 Å². The van der Waals surface area contributed by atoms with E-state index in [1.807, 2.05) is 19.9 Å². The van der Waals surface area contributed by atoms with Crippen LogP contribution in [-0.4, -0.2) is 24.4 Å². The van der Waals surface area contributed by atoms with Gasteiger partial charge < -0.3 is 10.4 Å². The molecular weight excluding hydrogens is 378 g/mol. The number of aryl methyl sites for hydroxylation is 1. The molecule has 144 valence electrons. The van der Waals surface area contributed by atoms with Gasteiger partial charge in [-0.3, -0.25) is 9.52 Å². The van der Waals surface area contributed by atoms with Gasteiger partial charge in [-0.05, 0) is 67.4 Å². The van der Waals surface area contributed by atoms with Crippen molar-refractivity contribution in [1.29, 1.82) is 0 Å². The molecule has 0 spiro atoms. The lowest BCUT2D eigenvalue weighted by molar-refractivity contribution is 0.102. The first-order valence-electron chi connectivity index (χ1n) is 8.42. The normalized spacial score (nSPS) is 11.1. The molecule has 0 radical (unpaired) electrons. The molecule has 8 heteroatoms. The number of benzene rings is 2. The number of nitrogens with one attached hydrogen (secondary N) is 2. The van der Waals surface area contributed by atoms with Crippen LogP contribution >= 0.6 is 0 Å². The minimum atomic E-state index is -3.79. The minimum absolute atomic E-state index is 0.0285. The summed E-state index contributed by atoms with van der Waals surface area (Å²) in [6, 6.07) is 13.8. The molecule has 0 unspecified atom stereocenters. The summed E-state index contributed by atoms with van der Waals surface area (Å²) in [6.45, 7) is 3.74. The number of aromatic nitrogens is 1. The van der Waals surface area contributed by atoms with Gasteiger partial charge in [-0.1, -0.05) is 12.1 Å². The van der Waals surface area contributed by atoms with Crippen LogP contribution in [0.15, 0.2) is 65.7 Å². The Bertz CT molecular complexity index is 1130. The van der Waals surface area contributed by atoms with E-state index in [4.69, 9.17) is 0 Å². The molecule has 1 heterocycles. The van der Waals surface area contributed by atoms with Gasteiger partial charge in [-0.25, -0.2) is 13.4 Å². The summed E-state index contributed by atoms with van der Waals surface area (Å²) in [4.78, 5) is 16.2. The summed E-state index contributed by atoms with van der Waals surface area (Å²) in [5.74, 6) is -0.644. The van der Waals surface area contributed by atoms with Crippen LogP contribution in [0.3, 0.4) is 0 Å². The largest absolute Gasteiger partial charge is 0.504 e. The molecule has 1 amide bonds. The Kier molecular flexibility index (Phi) is 5.32. The number of sulfonamides is 1. The Morgan fingerprint density at radius 2 is 1.71 bits per heavy atom. The van der Waals surface area contributed by atoms with Gasteiger partial charge in [0.2, 0.25) is 0 Å². The van der Waals surface area contributed by atoms with Crippen molar-refractivity contribution in [3.63, 3.8) is 0 Å². The van der Waals surface area contributed by atoms with E-state index >= 15 is 0 Å². The first-order valence-corrected chi connectivity index (χ1v) is 9.91. The van der Waals surface area contributed by atoms with Crippen molar-refractivity contribution in [1.82, 2.24) is 4.98 Å². The van der Waals surface area contributed by atoms with E-state index in [1.165, 1.54) is 42.6 Å². The Hall–Kier alpha value is -3.39. The van der Waals surface area contributed by atoms with E-state index in [1.54, 1.807) is 12.1 Å². The van der Waals surface area contributed by atoms with Gasteiger partial charge in [0, 0.05) is 11.8 Å². The van der Waals surface area contributed by atoms with Gasteiger partial charge >= 0.3 is 0 Å². The van der Waals surface area contributed by atoms with E-state index in [0.29, 0.717) is 5.69 Å². The van der Waals surface area contributed by atoms with Crippen LogP contribution in [-0.2, 0) is 10.0 Å². The summed E-state index contributed by atoms with van der Waals surface area (Å²) in [5, 5.41) is 12.1. The quantitative estimate of drug-likeness (QED) is 0.611. The number of amides is 1. The Morgan fingerprint density at radius 1 is 1.00 bits per heavy atom. The molecule has 0 atom stereocenters. The zero-order valence-electron chi connectivity index (χ0n) is 15.3. The molecule has 0 saturated heterocycles. The van der Waals surface area contributed by atoms with Crippen molar-refractivity contribution >= 4 is 27.4 Å². The number of carbonyl (C=O) groups excluding carboxylic acids is 1. The van der Waals surface area contributed by atoms with Gasteiger partial charge in [-0.15, -0.1) is 0 Å². The third kappa shape index (κ3) is 4.12. The Labute approximate surface area is 163 Å². The monoisotopic (exact) mass is 397 g/mol. The predicted octanol–water partition coefficient (Wildman–Crippen LogP) is 3.46. The average molecular weight is 397 g/mol. The zero-order valence-corrected chi connectivity index (χ0v) is 16.1. The van der Waals surface area contributed by atoms with Gasteiger partial charge in [0.05, 0.1) is 10.6 Å². The molecule has 0 fully saturated rings. The highest BCUT2D eigenvalue weighted by Crippen LogP contribution is 2.23. The lowest BCUT2D eigenvalue weighted by atomic mass is 10.1. The van der Waals surface area contributed by atoms with E-state index in [9.17, 15) is 18.3 Å². The highest BCUT2D eigenvalue weighted by Gasteiger charge is 2.17. The number of pyridine rings is 1. The van der Waals surface area contributed by atoms with Crippen molar-refractivity contribution in [2.45, 2.75) is 18.7 Å². The molecule has 3 aromatic rings. The lowest BCUT2D eigenvalue weighted by Crippen LogP contribution is -2.15. The second kappa shape index (κ2) is 7.69. The van der Waals surface area contributed by atoms with Crippen molar-refractivity contribution < 1.29 is 18.3 Å². The van der Waals surface area contributed by atoms with Crippen LogP contribution in [0.25, 0.3) is 0 Å². The fourth-order valence-electron chi connectivity index (χ4n) is 2.52. The predicted molar refractivity (Wildman–Crippen MR) is 107 cm³/mol. The molecule has 0 saturated carbocycles. The molecule has 0 aliphatic heterocycles. The van der Waals surface area contributed by atoms with E-state index in [0.717, 1.165) is 11.1 Å². The average Bonchev–Trinajstić information content (AvgIpc) is 2.67. The molecular formula is C20H19N3O4S. The Morgan fingerprint density at radius 3 is 2.39 bits per heavy atom. The number of hydrogen-bond acceptors (Lipinski definition) is 5. The summed E-state index contributed by atoms with van der Waals surface area (Å²) in [6.07, 6.45) is 1.43. The van der Waals surface area contributed by atoms with Gasteiger partial charge in [0.1, 0.15) is 0 Å². The topological polar surface area (TPSA) is 108 Å². The van der Waals surface area contributed by atoms with Crippen LogP contribution in [0, 0.1) is 13.8 Å². The van der Waals surface area contributed by atoms with E-state index in [2.05, 4.69) is 15.0 Å². The maximum absolute atomic E-state index is 12.6. The molecule has 0 bridgehead atoms. The second-order valence-electron chi connectivity index (χ2n) is 6.20. The van der Waals surface area contributed by atoms with Crippen LogP contribution in [0.1, 0.15) is 21.5 Å². The van der Waals surface area contributed by atoms with E-state index < -0.39 is 15.9 Å². The molecule has 2 aromatic carbocycles. The standard InChI is InChI=1S/C20H19N3O4S/c1-13-5-3-6-17(14(13)2)23-28(26,27)16-10-8-15(9-11-16)20(25)22-19-18(24)7-4-12-21-19/h3-12,23-24H,1-2H3,(H,21,22,25). The fourth-order valence-corrected chi connectivity index (χ4v) is 3.65. The van der Waals surface area contributed by atoms with Gasteiger partial charge in [0.25, 0.3) is 15.9 Å². The highest BCUT2D eigenvalue weighted by atomic mass is 32.2. The summed E-state index contributed by atoms with van der Waals surface area (Å²) >= 11 is 0. The van der Waals surface area contributed by atoms with Crippen LogP contribution < -0.4 is 10.0 Å². The third-order valence-electron chi connectivity index (χ3n) is 4.29. The van der Waals surface area contributed by atoms with Crippen molar-refractivity contribution in [3.8, 4) is 5.75 Å². The lowest BCUT2D eigenvalue weighted by Gasteiger charge is -2.12. The second-order valence-corrected chi connectivity index (χ2v) is 7.89. The van der Waals surface area contributed by atoms with Crippen molar-refractivity contribution in [3.05, 3.63) is 77.5 Å². The van der Waals surface area contributed by atoms with Crippen LogP contribution in [0.2, 0.25) is 0 Å². The van der Waals surface area contributed by atoms with Crippen LogP contribution in [0.4, 0.5) is 11.5 Å². The Balaban J connectivity index is 1.78.